The summed E-state index contributed by atoms with van der Waals surface area (Å²) in [5.41, 5.74) is 9.47. The zero-order chi connectivity index (χ0) is 13.1. The third kappa shape index (κ3) is 2.50. The summed E-state index contributed by atoms with van der Waals surface area (Å²) in [4.78, 5) is 4.41. The minimum absolute atomic E-state index is 0.593. The van der Waals surface area contributed by atoms with Crippen molar-refractivity contribution in [3.05, 3.63) is 72.1 Å². The lowest BCUT2D eigenvalue weighted by Gasteiger charge is -1.99. The molecule has 0 bridgehead atoms. The number of hydrogen-bond donors (Lipinski definition) is 1. The van der Waals surface area contributed by atoms with Crippen molar-refractivity contribution in [1.29, 1.82) is 0 Å². The normalized spacial score (nSPS) is 11.9. The van der Waals surface area contributed by atoms with Crippen molar-refractivity contribution in [3.8, 4) is 0 Å². The fourth-order valence-corrected chi connectivity index (χ4v) is 1.95. The Hall–Kier alpha value is -2.55. The number of hydrogen-bond acceptors (Lipinski definition) is 3. The molecule has 0 aliphatic carbocycles. The smallest absolute Gasteiger partial charge is 0.199 e. The van der Waals surface area contributed by atoms with Crippen LogP contribution in [0.2, 0.25) is 0 Å². The summed E-state index contributed by atoms with van der Waals surface area (Å²) >= 11 is 0. The van der Waals surface area contributed by atoms with E-state index in [9.17, 15) is 0 Å². The van der Waals surface area contributed by atoms with Crippen LogP contribution >= 0.6 is 0 Å². The van der Waals surface area contributed by atoms with Crippen LogP contribution < -0.4 is 5.73 Å². The SMILES string of the molecule is N/C(=C\Cc1nc2ccccc2o1)c1ccccc1. The Kier molecular flexibility index (Phi) is 3.02. The van der Waals surface area contributed by atoms with Crippen LogP contribution in [0.4, 0.5) is 0 Å². The largest absolute Gasteiger partial charge is 0.440 e. The number of fused-ring (bicyclic) bond motifs is 1. The molecule has 0 atom stereocenters. The molecule has 0 amide bonds. The Morgan fingerprint density at radius 2 is 1.79 bits per heavy atom. The fraction of sp³-hybridized carbons (Fsp3) is 0.0625. The van der Waals surface area contributed by atoms with Crippen LogP contribution in [0.15, 0.2) is 65.1 Å². The highest BCUT2D eigenvalue weighted by Crippen LogP contribution is 2.16. The quantitative estimate of drug-likeness (QED) is 0.775. The molecule has 0 aliphatic rings. The van der Waals surface area contributed by atoms with Crippen molar-refractivity contribution < 1.29 is 4.42 Å². The van der Waals surface area contributed by atoms with E-state index in [0.717, 1.165) is 22.4 Å². The molecule has 0 radical (unpaired) electrons. The maximum absolute atomic E-state index is 6.03. The number of aromatic nitrogens is 1. The molecular weight excluding hydrogens is 236 g/mol. The number of oxazole rings is 1. The van der Waals surface area contributed by atoms with E-state index in [-0.39, 0.29) is 0 Å². The van der Waals surface area contributed by atoms with Crippen molar-refractivity contribution in [2.24, 2.45) is 5.73 Å². The summed E-state index contributed by atoms with van der Waals surface area (Å²) < 4.78 is 5.64. The van der Waals surface area contributed by atoms with E-state index < -0.39 is 0 Å². The molecule has 0 spiro atoms. The van der Waals surface area contributed by atoms with Gasteiger partial charge in [0.2, 0.25) is 0 Å². The molecular formula is C16H14N2O. The highest BCUT2D eigenvalue weighted by Gasteiger charge is 2.03. The molecule has 3 heteroatoms. The van der Waals surface area contributed by atoms with E-state index in [1.54, 1.807) is 0 Å². The van der Waals surface area contributed by atoms with Gasteiger partial charge in [-0.3, -0.25) is 0 Å². The van der Waals surface area contributed by atoms with Crippen LogP contribution in [-0.2, 0) is 6.42 Å². The zero-order valence-electron chi connectivity index (χ0n) is 10.4. The Balaban J connectivity index is 1.82. The Morgan fingerprint density at radius 1 is 1.05 bits per heavy atom. The van der Waals surface area contributed by atoms with E-state index in [4.69, 9.17) is 10.2 Å². The van der Waals surface area contributed by atoms with E-state index in [0.29, 0.717) is 12.3 Å². The van der Waals surface area contributed by atoms with E-state index in [1.807, 2.05) is 60.7 Å². The first-order valence-corrected chi connectivity index (χ1v) is 6.18. The summed E-state index contributed by atoms with van der Waals surface area (Å²) in [5.74, 6) is 0.681. The predicted octanol–water partition coefficient (Wildman–Crippen LogP) is 3.37. The average molecular weight is 250 g/mol. The monoisotopic (exact) mass is 250 g/mol. The summed E-state index contributed by atoms with van der Waals surface area (Å²) in [6.45, 7) is 0. The molecule has 0 fully saturated rings. The van der Waals surface area contributed by atoms with Gasteiger partial charge in [0, 0.05) is 12.1 Å². The minimum atomic E-state index is 0.593. The number of nitrogens with two attached hydrogens (primary N) is 1. The van der Waals surface area contributed by atoms with E-state index in [2.05, 4.69) is 4.98 Å². The second-order valence-electron chi connectivity index (χ2n) is 4.30. The lowest BCUT2D eigenvalue weighted by molar-refractivity contribution is 0.547. The van der Waals surface area contributed by atoms with Gasteiger partial charge in [0.1, 0.15) is 5.52 Å². The molecule has 3 nitrogen and oxygen atoms in total. The first-order valence-electron chi connectivity index (χ1n) is 6.18. The van der Waals surface area contributed by atoms with Gasteiger partial charge in [-0.2, -0.15) is 0 Å². The zero-order valence-corrected chi connectivity index (χ0v) is 10.4. The van der Waals surface area contributed by atoms with Crippen LogP contribution in [-0.4, -0.2) is 4.98 Å². The number of para-hydroxylation sites is 2. The van der Waals surface area contributed by atoms with Gasteiger partial charge >= 0.3 is 0 Å². The second kappa shape index (κ2) is 4.98. The van der Waals surface area contributed by atoms with Crippen molar-refractivity contribution >= 4 is 16.8 Å². The highest BCUT2D eigenvalue weighted by atomic mass is 16.3. The third-order valence-corrected chi connectivity index (χ3v) is 2.94. The van der Waals surface area contributed by atoms with Crippen LogP contribution in [0.5, 0.6) is 0 Å². The predicted molar refractivity (Wildman–Crippen MR) is 76.3 cm³/mol. The molecule has 0 unspecified atom stereocenters. The lowest BCUT2D eigenvalue weighted by Crippen LogP contribution is -1.96. The molecule has 19 heavy (non-hydrogen) atoms. The lowest BCUT2D eigenvalue weighted by atomic mass is 10.1. The Morgan fingerprint density at radius 3 is 2.58 bits per heavy atom. The number of rotatable bonds is 3. The van der Waals surface area contributed by atoms with E-state index >= 15 is 0 Å². The molecule has 3 aromatic rings. The van der Waals surface area contributed by atoms with Crippen LogP contribution in [0.3, 0.4) is 0 Å². The fourth-order valence-electron chi connectivity index (χ4n) is 1.95. The topological polar surface area (TPSA) is 52.0 Å². The van der Waals surface area contributed by atoms with Gasteiger partial charge in [0.05, 0.1) is 0 Å². The summed E-state index contributed by atoms with van der Waals surface area (Å²) in [5, 5.41) is 0. The van der Waals surface area contributed by atoms with Crippen molar-refractivity contribution in [2.45, 2.75) is 6.42 Å². The Labute approximate surface area is 111 Å². The standard InChI is InChI=1S/C16H14N2O/c17-13(12-6-2-1-3-7-12)10-11-16-18-14-8-4-5-9-15(14)19-16/h1-10H,11,17H2/b13-10-. The van der Waals surface area contributed by atoms with Gasteiger partial charge in [-0.1, -0.05) is 48.5 Å². The van der Waals surface area contributed by atoms with Gasteiger partial charge in [0.25, 0.3) is 0 Å². The summed E-state index contributed by atoms with van der Waals surface area (Å²) in [6.07, 6.45) is 2.52. The molecule has 0 saturated heterocycles. The minimum Gasteiger partial charge on any atom is -0.440 e. The summed E-state index contributed by atoms with van der Waals surface area (Å²) in [7, 11) is 0. The van der Waals surface area contributed by atoms with Gasteiger partial charge < -0.3 is 10.2 Å². The van der Waals surface area contributed by atoms with Crippen LogP contribution in [0.1, 0.15) is 11.5 Å². The molecule has 94 valence electrons. The van der Waals surface area contributed by atoms with Gasteiger partial charge in [-0.15, -0.1) is 0 Å². The number of allylic oxidation sites excluding steroid dienone is 1. The second-order valence-corrected chi connectivity index (χ2v) is 4.30. The first kappa shape index (κ1) is 11.5. The summed E-state index contributed by atoms with van der Waals surface area (Å²) in [6, 6.07) is 17.6. The maximum atomic E-state index is 6.03. The average Bonchev–Trinajstić information content (AvgIpc) is 2.88. The van der Waals surface area contributed by atoms with Crippen LogP contribution in [0, 0.1) is 0 Å². The molecule has 1 heterocycles. The molecule has 2 N–H and O–H groups in total. The molecule has 1 aromatic heterocycles. The Bertz CT molecular complexity index is 681. The third-order valence-electron chi connectivity index (χ3n) is 2.94. The van der Waals surface area contributed by atoms with Crippen LogP contribution in [0.25, 0.3) is 16.8 Å². The van der Waals surface area contributed by atoms with Crippen molar-refractivity contribution in [3.63, 3.8) is 0 Å². The maximum Gasteiger partial charge on any atom is 0.199 e. The number of nitrogens with zero attached hydrogens (tertiary/aromatic N) is 1. The highest BCUT2D eigenvalue weighted by molar-refractivity contribution is 5.72. The first-order chi connectivity index (χ1) is 9.33. The molecule has 0 saturated carbocycles. The van der Waals surface area contributed by atoms with Crippen molar-refractivity contribution in [1.82, 2.24) is 4.98 Å². The molecule has 2 aromatic carbocycles. The van der Waals surface area contributed by atoms with Crippen molar-refractivity contribution in [2.75, 3.05) is 0 Å². The molecule has 3 rings (SSSR count). The molecule has 0 aliphatic heterocycles. The van der Waals surface area contributed by atoms with E-state index in [1.165, 1.54) is 0 Å². The van der Waals surface area contributed by atoms with Gasteiger partial charge in [-0.05, 0) is 17.7 Å². The van der Waals surface area contributed by atoms with Gasteiger partial charge in [0.15, 0.2) is 11.5 Å². The number of benzene rings is 2. The van der Waals surface area contributed by atoms with Gasteiger partial charge in [-0.25, -0.2) is 4.98 Å².